The highest BCUT2D eigenvalue weighted by atomic mass is 16.5. The van der Waals surface area contributed by atoms with Crippen molar-refractivity contribution >= 4 is 11.6 Å². The molecule has 0 saturated heterocycles. The molecule has 0 aliphatic carbocycles. The van der Waals surface area contributed by atoms with Crippen molar-refractivity contribution in [1.82, 2.24) is 15.1 Å². The van der Waals surface area contributed by atoms with E-state index in [1.165, 1.54) is 0 Å². The number of carbonyl (C=O) groups excluding carboxylic acids is 1. The Balaban J connectivity index is 1.68. The fraction of sp³-hybridized carbons (Fsp3) is 0.300. The number of aromatic nitrogens is 3. The molecular formula is C20H20N4O3. The Bertz CT molecular complexity index is 1010. The van der Waals surface area contributed by atoms with Crippen LogP contribution in [0.25, 0.3) is 22.8 Å². The molecule has 1 aliphatic heterocycles. The van der Waals surface area contributed by atoms with Crippen molar-refractivity contribution in [1.29, 1.82) is 0 Å². The monoisotopic (exact) mass is 364 g/mol. The van der Waals surface area contributed by atoms with E-state index in [1.807, 2.05) is 19.9 Å². The summed E-state index contributed by atoms with van der Waals surface area (Å²) in [6, 6.07) is 8.81. The van der Waals surface area contributed by atoms with Crippen molar-refractivity contribution < 1.29 is 14.1 Å². The van der Waals surface area contributed by atoms with Gasteiger partial charge in [0.05, 0.1) is 12.0 Å². The third-order valence-electron chi connectivity index (χ3n) is 5.09. The van der Waals surface area contributed by atoms with Crippen LogP contribution in [0, 0.1) is 0 Å². The molecule has 0 saturated carbocycles. The standard InChI is InChI=1S/C20H20N4O3/c1-3-20(4-2)11-15(25)14-9-13(5-6-16(14)26-20)19-23-18(24-27-19)12-7-8-22-17(21)10-12/h5-10H,3-4,11H2,1-2H3,(H2,21,22). The fourth-order valence-corrected chi connectivity index (χ4v) is 3.32. The van der Waals surface area contributed by atoms with Crippen LogP contribution in [0.5, 0.6) is 5.75 Å². The van der Waals surface area contributed by atoms with Crippen molar-refractivity contribution in [2.75, 3.05) is 5.73 Å². The molecule has 0 fully saturated rings. The van der Waals surface area contributed by atoms with Crippen LogP contribution in [-0.4, -0.2) is 26.5 Å². The van der Waals surface area contributed by atoms with Gasteiger partial charge in [-0.15, -0.1) is 0 Å². The number of benzene rings is 1. The highest BCUT2D eigenvalue weighted by molar-refractivity contribution is 6.01. The lowest BCUT2D eigenvalue weighted by atomic mass is 9.85. The SMILES string of the molecule is CCC1(CC)CC(=O)c2cc(-c3nc(-c4ccnc(N)c4)no3)ccc2O1. The molecule has 27 heavy (non-hydrogen) atoms. The maximum absolute atomic E-state index is 12.7. The number of fused-ring (bicyclic) bond motifs is 1. The Morgan fingerprint density at radius 1 is 1.15 bits per heavy atom. The molecule has 2 aromatic heterocycles. The van der Waals surface area contributed by atoms with Crippen LogP contribution >= 0.6 is 0 Å². The molecule has 0 bridgehead atoms. The van der Waals surface area contributed by atoms with E-state index in [-0.39, 0.29) is 5.78 Å². The lowest BCUT2D eigenvalue weighted by Crippen LogP contribution is -2.40. The van der Waals surface area contributed by atoms with Crippen LogP contribution in [0.2, 0.25) is 0 Å². The minimum Gasteiger partial charge on any atom is -0.486 e. The summed E-state index contributed by atoms with van der Waals surface area (Å²) in [5, 5.41) is 4.00. The van der Waals surface area contributed by atoms with Crippen molar-refractivity contribution in [2.45, 2.75) is 38.7 Å². The second-order valence-corrected chi connectivity index (χ2v) is 6.70. The quantitative estimate of drug-likeness (QED) is 0.748. The lowest BCUT2D eigenvalue weighted by molar-refractivity contribution is 0.0350. The minimum atomic E-state index is -0.412. The van der Waals surface area contributed by atoms with Gasteiger partial charge in [0.2, 0.25) is 5.82 Å². The second-order valence-electron chi connectivity index (χ2n) is 6.70. The molecule has 1 aromatic carbocycles. The Morgan fingerprint density at radius 2 is 1.96 bits per heavy atom. The summed E-state index contributed by atoms with van der Waals surface area (Å²) >= 11 is 0. The van der Waals surface area contributed by atoms with Crippen molar-refractivity contribution in [2.24, 2.45) is 0 Å². The number of Topliss-reactive ketones (excluding diaryl/α,β-unsaturated/α-hetero) is 1. The average molecular weight is 364 g/mol. The number of hydrogen-bond acceptors (Lipinski definition) is 7. The van der Waals surface area contributed by atoms with E-state index in [1.54, 1.807) is 30.5 Å². The molecular weight excluding hydrogens is 344 g/mol. The van der Waals surface area contributed by atoms with Gasteiger partial charge in [-0.2, -0.15) is 4.98 Å². The number of rotatable bonds is 4. The number of ketones is 1. The molecule has 0 atom stereocenters. The Hall–Kier alpha value is -3.22. The lowest BCUT2D eigenvalue weighted by Gasteiger charge is -2.36. The fourth-order valence-electron chi connectivity index (χ4n) is 3.32. The van der Waals surface area contributed by atoms with E-state index in [0.29, 0.717) is 46.4 Å². The number of pyridine rings is 1. The molecule has 138 valence electrons. The normalized spacial score (nSPS) is 15.3. The molecule has 4 rings (SSSR count). The van der Waals surface area contributed by atoms with Crippen LogP contribution in [0.4, 0.5) is 5.82 Å². The zero-order chi connectivity index (χ0) is 19.0. The van der Waals surface area contributed by atoms with E-state index in [9.17, 15) is 4.79 Å². The molecule has 0 amide bonds. The van der Waals surface area contributed by atoms with Crippen molar-refractivity contribution in [3.63, 3.8) is 0 Å². The van der Waals surface area contributed by atoms with Gasteiger partial charge in [0, 0.05) is 17.3 Å². The van der Waals surface area contributed by atoms with Gasteiger partial charge in [-0.05, 0) is 43.2 Å². The largest absolute Gasteiger partial charge is 0.486 e. The molecule has 1 aliphatic rings. The van der Waals surface area contributed by atoms with Crippen molar-refractivity contribution in [3.05, 3.63) is 42.1 Å². The van der Waals surface area contributed by atoms with Gasteiger partial charge in [0.15, 0.2) is 5.78 Å². The highest BCUT2D eigenvalue weighted by Gasteiger charge is 2.37. The van der Waals surface area contributed by atoms with E-state index in [0.717, 1.165) is 12.8 Å². The first-order valence-corrected chi connectivity index (χ1v) is 8.96. The Morgan fingerprint density at radius 3 is 2.70 bits per heavy atom. The maximum Gasteiger partial charge on any atom is 0.258 e. The summed E-state index contributed by atoms with van der Waals surface area (Å²) in [5.41, 5.74) is 7.23. The zero-order valence-corrected chi connectivity index (χ0v) is 15.2. The first kappa shape index (κ1) is 17.2. The van der Waals surface area contributed by atoms with Gasteiger partial charge in [-0.1, -0.05) is 19.0 Å². The molecule has 0 unspecified atom stereocenters. The maximum atomic E-state index is 12.7. The number of nitrogens with two attached hydrogens (primary N) is 1. The van der Waals surface area contributed by atoms with E-state index in [4.69, 9.17) is 15.0 Å². The van der Waals surface area contributed by atoms with Gasteiger partial charge in [0.25, 0.3) is 5.89 Å². The summed E-state index contributed by atoms with van der Waals surface area (Å²) in [7, 11) is 0. The number of hydrogen-bond donors (Lipinski definition) is 1. The number of carbonyl (C=O) groups is 1. The molecule has 2 N–H and O–H groups in total. The predicted octanol–water partition coefficient (Wildman–Crippen LogP) is 3.90. The number of anilines is 1. The van der Waals surface area contributed by atoms with Gasteiger partial charge in [-0.3, -0.25) is 4.79 Å². The molecule has 3 heterocycles. The van der Waals surface area contributed by atoms with E-state index >= 15 is 0 Å². The predicted molar refractivity (Wildman–Crippen MR) is 100 cm³/mol. The summed E-state index contributed by atoms with van der Waals surface area (Å²) in [6.07, 6.45) is 3.54. The summed E-state index contributed by atoms with van der Waals surface area (Å²) in [5.74, 6) is 1.81. The first-order valence-electron chi connectivity index (χ1n) is 8.96. The topological polar surface area (TPSA) is 104 Å². The van der Waals surface area contributed by atoms with Gasteiger partial charge in [0.1, 0.15) is 17.2 Å². The van der Waals surface area contributed by atoms with Crippen LogP contribution in [-0.2, 0) is 0 Å². The molecule has 3 aromatic rings. The van der Waals surface area contributed by atoms with E-state index < -0.39 is 5.60 Å². The molecule has 0 spiro atoms. The van der Waals surface area contributed by atoms with Gasteiger partial charge in [-0.25, -0.2) is 4.98 Å². The summed E-state index contributed by atoms with van der Waals surface area (Å²) < 4.78 is 11.5. The smallest absolute Gasteiger partial charge is 0.258 e. The number of ether oxygens (including phenoxy) is 1. The van der Waals surface area contributed by atoms with Gasteiger partial charge >= 0.3 is 0 Å². The molecule has 7 nitrogen and oxygen atoms in total. The number of nitrogen functional groups attached to an aromatic ring is 1. The van der Waals surface area contributed by atoms with Crippen LogP contribution < -0.4 is 10.5 Å². The van der Waals surface area contributed by atoms with E-state index in [2.05, 4.69) is 15.1 Å². The Kier molecular flexibility index (Phi) is 4.14. The third kappa shape index (κ3) is 3.05. The molecule has 7 heteroatoms. The average Bonchev–Trinajstić information content (AvgIpc) is 3.18. The first-order chi connectivity index (χ1) is 13.0. The number of nitrogens with zero attached hydrogens (tertiary/aromatic N) is 3. The van der Waals surface area contributed by atoms with Crippen molar-refractivity contribution in [3.8, 4) is 28.6 Å². The Labute approximate surface area is 156 Å². The molecule has 0 radical (unpaired) electrons. The summed E-state index contributed by atoms with van der Waals surface area (Å²) in [4.78, 5) is 21.1. The van der Waals surface area contributed by atoms with Crippen LogP contribution in [0.1, 0.15) is 43.5 Å². The second kappa shape index (κ2) is 6.50. The minimum absolute atomic E-state index is 0.0726. The van der Waals surface area contributed by atoms with Gasteiger partial charge < -0.3 is 15.0 Å². The third-order valence-corrected chi connectivity index (χ3v) is 5.09. The van der Waals surface area contributed by atoms with Crippen LogP contribution in [0.15, 0.2) is 41.1 Å². The summed E-state index contributed by atoms with van der Waals surface area (Å²) in [6.45, 7) is 4.09. The highest BCUT2D eigenvalue weighted by Crippen LogP contribution is 2.38. The zero-order valence-electron chi connectivity index (χ0n) is 15.2. The van der Waals surface area contributed by atoms with Crippen LogP contribution in [0.3, 0.4) is 0 Å².